The fraction of sp³-hybridized carbons (Fsp3) is 0.316. The van der Waals surface area contributed by atoms with Crippen LogP contribution in [0.25, 0.3) is 0 Å². The summed E-state index contributed by atoms with van der Waals surface area (Å²) in [6, 6.07) is 17.0. The van der Waals surface area contributed by atoms with E-state index in [0.717, 1.165) is 11.3 Å². The van der Waals surface area contributed by atoms with Gasteiger partial charge in [0, 0.05) is 5.56 Å². The molecule has 138 valence electrons. The quantitative estimate of drug-likeness (QED) is 0.637. The Bertz CT molecular complexity index is 801. The molecule has 0 radical (unpaired) electrons. The summed E-state index contributed by atoms with van der Waals surface area (Å²) in [5, 5.41) is 0. The van der Waals surface area contributed by atoms with Crippen LogP contribution in [0.3, 0.4) is 0 Å². The standard InChI is InChI=1S/C19H22NO5P/c1-3-23-26(22,24-4-2)25-18-16-12-8-9-13-17(16)20(19(18)21)14-15-10-6-5-7-11-15/h5-13,18H,3-4,14H2,1-2H3. The molecule has 6 nitrogen and oxygen atoms in total. The van der Waals surface area contributed by atoms with Crippen LogP contribution >= 0.6 is 7.82 Å². The second-order valence-electron chi connectivity index (χ2n) is 5.74. The second-order valence-corrected chi connectivity index (χ2v) is 7.36. The molecule has 1 atom stereocenters. The summed E-state index contributed by atoms with van der Waals surface area (Å²) >= 11 is 0. The predicted molar refractivity (Wildman–Crippen MR) is 98.8 cm³/mol. The van der Waals surface area contributed by atoms with Crippen molar-refractivity contribution in [3.05, 3.63) is 65.7 Å². The monoisotopic (exact) mass is 375 g/mol. The number of benzene rings is 2. The second kappa shape index (κ2) is 8.14. The van der Waals surface area contributed by atoms with Crippen molar-refractivity contribution in [1.29, 1.82) is 0 Å². The van der Waals surface area contributed by atoms with Crippen molar-refractivity contribution >= 4 is 19.4 Å². The van der Waals surface area contributed by atoms with E-state index in [4.69, 9.17) is 13.6 Å². The normalized spacial score (nSPS) is 16.8. The van der Waals surface area contributed by atoms with Crippen LogP contribution in [0, 0.1) is 0 Å². The molecule has 1 aliphatic rings. The molecule has 0 N–H and O–H groups in total. The highest BCUT2D eigenvalue weighted by Gasteiger charge is 2.43. The van der Waals surface area contributed by atoms with Crippen LogP contribution in [-0.2, 0) is 29.5 Å². The Hall–Kier alpha value is -1.98. The largest absolute Gasteiger partial charge is 0.475 e. The first kappa shape index (κ1) is 18.8. The Morgan fingerprint density at radius 3 is 2.23 bits per heavy atom. The van der Waals surface area contributed by atoms with Gasteiger partial charge in [0.1, 0.15) is 0 Å². The number of fused-ring (bicyclic) bond motifs is 1. The van der Waals surface area contributed by atoms with Crippen molar-refractivity contribution in [3.8, 4) is 0 Å². The first-order valence-corrected chi connectivity index (χ1v) is 10.1. The summed E-state index contributed by atoms with van der Waals surface area (Å²) in [5.74, 6) is -0.283. The zero-order valence-electron chi connectivity index (χ0n) is 14.8. The number of rotatable bonds is 8. The van der Waals surface area contributed by atoms with Crippen LogP contribution in [0.2, 0.25) is 0 Å². The van der Waals surface area contributed by atoms with Gasteiger partial charge in [-0.3, -0.25) is 18.4 Å². The summed E-state index contributed by atoms with van der Waals surface area (Å²) in [5.41, 5.74) is 2.40. The van der Waals surface area contributed by atoms with Gasteiger partial charge in [-0.05, 0) is 25.5 Å². The van der Waals surface area contributed by atoms with E-state index in [2.05, 4.69) is 0 Å². The zero-order valence-corrected chi connectivity index (χ0v) is 15.7. The lowest BCUT2D eigenvalue weighted by Crippen LogP contribution is -2.29. The highest BCUT2D eigenvalue weighted by atomic mass is 31.2. The van der Waals surface area contributed by atoms with E-state index in [9.17, 15) is 9.36 Å². The van der Waals surface area contributed by atoms with Gasteiger partial charge in [-0.15, -0.1) is 0 Å². The van der Waals surface area contributed by atoms with Gasteiger partial charge in [0.15, 0.2) is 6.10 Å². The molecule has 1 aliphatic heterocycles. The molecule has 7 heteroatoms. The summed E-state index contributed by atoms with van der Waals surface area (Å²) in [6.45, 7) is 4.12. The topological polar surface area (TPSA) is 65.1 Å². The first-order chi connectivity index (χ1) is 12.6. The number of hydrogen-bond acceptors (Lipinski definition) is 5. The Morgan fingerprint density at radius 2 is 1.58 bits per heavy atom. The highest BCUT2D eigenvalue weighted by molar-refractivity contribution is 7.48. The molecular weight excluding hydrogens is 353 g/mol. The molecule has 1 amide bonds. The van der Waals surface area contributed by atoms with Gasteiger partial charge < -0.3 is 4.90 Å². The molecule has 0 fully saturated rings. The first-order valence-electron chi connectivity index (χ1n) is 8.59. The predicted octanol–water partition coefficient (Wildman–Crippen LogP) is 4.47. The zero-order chi connectivity index (χ0) is 18.6. The van der Waals surface area contributed by atoms with Crippen molar-refractivity contribution in [2.24, 2.45) is 0 Å². The Kier molecular flexibility index (Phi) is 5.89. The van der Waals surface area contributed by atoms with E-state index >= 15 is 0 Å². The molecule has 0 spiro atoms. The van der Waals surface area contributed by atoms with Gasteiger partial charge in [-0.2, -0.15) is 0 Å². The SMILES string of the molecule is CCOP(=O)(OCC)OC1C(=O)N(Cc2ccccc2)c2ccccc21. The number of phosphoric acid groups is 1. The Morgan fingerprint density at radius 1 is 0.962 bits per heavy atom. The smallest absolute Gasteiger partial charge is 0.305 e. The molecule has 0 aromatic heterocycles. The fourth-order valence-corrected chi connectivity index (χ4v) is 4.21. The third-order valence-electron chi connectivity index (χ3n) is 3.99. The molecule has 2 aromatic rings. The van der Waals surface area contributed by atoms with E-state index in [1.165, 1.54) is 0 Å². The summed E-state index contributed by atoms with van der Waals surface area (Å²) in [7, 11) is -3.82. The number of para-hydroxylation sites is 1. The van der Waals surface area contributed by atoms with Crippen molar-refractivity contribution in [1.82, 2.24) is 0 Å². The maximum atomic E-state index is 13.0. The number of carbonyl (C=O) groups is 1. The third kappa shape index (κ3) is 3.89. The van der Waals surface area contributed by atoms with Crippen molar-refractivity contribution in [3.63, 3.8) is 0 Å². The number of carbonyl (C=O) groups excluding carboxylic acids is 1. The van der Waals surface area contributed by atoms with E-state index in [1.54, 1.807) is 24.8 Å². The average molecular weight is 375 g/mol. The van der Waals surface area contributed by atoms with Gasteiger partial charge >= 0.3 is 7.82 Å². The summed E-state index contributed by atoms with van der Waals surface area (Å²) in [4.78, 5) is 14.7. The van der Waals surface area contributed by atoms with Crippen LogP contribution in [-0.4, -0.2) is 19.1 Å². The lowest BCUT2D eigenvalue weighted by molar-refractivity contribution is -0.125. The van der Waals surface area contributed by atoms with Crippen molar-refractivity contribution in [2.75, 3.05) is 18.1 Å². The maximum Gasteiger partial charge on any atom is 0.475 e. The van der Waals surface area contributed by atoms with E-state index in [0.29, 0.717) is 12.1 Å². The Balaban J connectivity index is 1.90. The third-order valence-corrected chi connectivity index (χ3v) is 5.61. The highest BCUT2D eigenvalue weighted by Crippen LogP contribution is 2.55. The molecule has 1 heterocycles. The van der Waals surface area contributed by atoms with Crippen molar-refractivity contribution < 1.29 is 22.9 Å². The number of phosphoric ester groups is 1. The number of hydrogen-bond donors (Lipinski definition) is 0. The lowest BCUT2D eigenvalue weighted by Gasteiger charge is -2.21. The molecule has 0 saturated heterocycles. The minimum atomic E-state index is -3.82. The average Bonchev–Trinajstić information content (AvgIpc) is 2.89. The van der Waals surface area contributed by atoms with E-state index in [-0.39, 0.29) is 19.1 Å². The minimum Gasteiger partial charge on any atom is -0.305 e. The van der Waals surface area contributed by atoms with Crippen LogP contribution in [0.5, 0.6) is 0 Å². The van der Waals surface area contributed by atoms with Gasteiger partial charge in [0.25, 0.3) is 5.91 Å². The summed E-state index contributed by atoms with van der Waals surface area (Å²) in [6.07, 6.45) is -1.01. The van der Waals surface area contributed by atoms with Gasteiger partial charge in [0.05, 0.1) is 25.4 Å². The number of amides is 1. The van der Waals surface area contributed by atoms with Gasteiger partial charge in [-0.25, -0.2) is 4.57 Å². The van der Waals surface area contributed by atoms with Crippen LogP contribution in [0.15, 0.2) is 54.6 Å². The van der Waals surface area contributed by atoms with E-state index < -0.39 is 13.9 Å². The molecule has 1 unspecified atom stereocenters. The molecule has 2 aromatic carbocycles. The van der Waals surface area contributed by atoms with E-state index in [1.807, 2.05) is 48.5 Å². The minimum absolute atomic E-state index is 0.160. The van der Waals surface area contributed by atoms with Crippen LogP contribution in [0.1, 0.15) is 31.1 Å². The lowest BCUT2D eigenvalue weighted by atomic mass is 10.1. The molecular formula is C19H22NO5P. The van der Waals surface area contributed by atoms with Crippen LogP contribution < -0.4 is 4.90 Å². The molecule has 0 saturated carbocycles. The number of nitrogens with zero attached hydrogens (tertiary/aromatic N) is 1. The van der Waals surface area contributed by atoms with Crippen molar-refractivity contribution in [2.45, 2.75) is 26.5 Å². The molecule has 0 bridgehead atoms. The number of anilines is 1. The maximum absolute atomic E-state index is 13.0. The molecule has 3 rings (SSSR count). The molecule has 0 aliphatic carbocycles. The van der Waals surface area contributed by atoms with Gasteiger partial charge in [0.2, 0.25) is 0 Å². The van der Waals surface area contributed by atoms with Gasteiger partial charge in [-0.1, -0.05) is 48.5 Å². The van der Waals surface area contributed by atoms with Crippen LogP contribution in [0.4, 0.5) is 5.69 Å². The Labute approximate surface area is 153 Å². The summed E-state index contributed by atoms with van der Waals surface area (Å²) < 4.78 is 28.7. The fourth-order valence-electron chi connectivity index (χ4n) is 2.92. The molecule has 26 heavy (non-hydrogen) atoms.